The van der Waals surface area contributed by atoms with Crippen LogP contribution in [-0.4, -0.2) is 41.5 Å². The number of nitrogens with one attached hydrogen (secondary N) is 2. The van der Waals surface area contributed by atoms with Gasteiger partial charge < -0.3 is 0 Å². The van der Waals surface area contributed by atoms with E-state index < -0.39 is 28.8 Å². The molecule has 0 spiro atoms. The molecule has 0 radical (unpaired) electrons. The molecule has 4 aromatic rings. The van der Waals surface area contributed by atoms with Crippen LogP contribution >= 0.6 is 0 Å². The van der Waals surface area contributed by atoms with Crippen LogP contribution in [-0.2, 0) is 17.9 Å². The summed E-state index contributed by atoms with van der Waals surface area (Å²) >= 11 is 0. The van der Waals surface area contributed by atoms with Crippen LogP contribution in [0.25, 0.3) is 11.4 Å². The first-order valence-electron chi connectivity index (χ1n) is 10.3. The Morgan fingerprint density at radius 3 is 2.43 bits per heavy atom. The Hall–Kier alpha value is -5.20. The summed E-state index contributed by atoms with van der Waals surface area (Å²) < 4.78 is 0.871. The summed E-state index contributed by atoms with van der Waals surface area (Å²) in [5.41, 5.74) is 5.44. The fourth-order valence-corrected chi connectivity index (χ4v) is 3.08. The molecule has 0 atom stereocenters. The van der Waals surface area contributed by atoms with E-state index in [0.29, 0.717) is 12.4 Å². The molecule has 35 heavy (non-hydrogen) atoms. The standard InChI is InChI=1S/C22H18N8O5/c31-19(14-28-13-18(30(34)35)10-11-20(28)32)23-25-22(33)17-8-6-15(7-9-17)12-29-26-21(24-27-29)16-4-2-1-3-5-16/h1-11,13H,12,14H2,(H,23,31)(H,25,33). The molecule has 0 aliphatic heterocycles. The number of hydrogen-bond acceptors (Lipinski definition) is 8. The van der Waals surface area contributed by atoms with Gasteiger partial charge in [-0.05, 0) is 22.9 Å². The lowest BCUT2D eigenvalue weighted by atomic mass is 10.1. The topological polar surface area (TPSA) is 167 Å². The fraction of sp³-hybridized carbons (Fsp3) is 0.0909. The highest BCUT2D eigenvalue weighted by Gasteiger charge is 2.12. The third kappa shape index (κ3) is 5.78. The highest BCUT2D eigenvalue weighted by atomic mass is 16.6. The lowest BCUT2D eigenvalue weighted by molar-refractivity contribution is -0.385. The SMILES string of the molecule is O=C(Cn1cc([N+](=O)[O-])ccc1=O)NNC(=O)c1ccc(Cn2nnc(-c3ccccc3)n2)cc1. The number of aromatic nitrogens is 5. The number of pyridine rings is 1. The van der Waals surface area contributed by atoms with E-state index in [1.165, 1.54) is 4.80 Å². The van der Waals surface area contributed by atoms with Crippen molar-refractivity contribution in [1.82, 2.24) is 35.6 Å². The number of carbonyl (C=O) groups is 2. The number of amides is 2. The van der Waals surface area contributed by atoms with Crippen LogP contribution in [0.15, 0.2) is 77.7 Å². The molecule has 0 saturated carbocycles. The van der Waals surface area contributed by atoms with E-state index in [9.17, 15) is 24.5 Å². The second-order valence-electron chi connectivity index (χ2n) is 7.32. The van der Waals surface area contributed by atoms with Gasteiger partial charge in [-0.25, -0.2) is 0 Å². The molecule has 13 nitrogen and oxygen atoms in total. The molecule has 0 aliphatic rings. The Kier molecular flexibility index (Phi) is 6.67. The van der Waals surface area contributed by atoms with E-state index in [1.54, 1.807) is 24.3 Å². The van der Waals surface area contributed by atoms with Crippen LogP contribution in [0.5, 0.6) is 0 Å². The van der Waals surface area contributed by atoms with E-state index in [0.717, 1.165) is 34.0 Å². The molecule has 4 rings (SSSR count). The van der Waals surface area contributed by atoms with Crippen LogP contribution in [0.2, 0.25) is 0 Å². The van der Waals surface area contributed by atoms with Crippen molar-refractivity contribution in [3.8, 4) is 11.4 Å². The van der Waals surface area contributed by atoms with Crippen molar-refractivity contribution in [2.75, 3.05) is 0 Å². The van der Waals surface area contributed by atoms with Gasteiger partial charge >= 0.3 is 0 Å². The molecule has 0 unspecified atom stereocenters. The predicted molar refractivity (Wildman–Crippen MR) is 122 cm³/mol. The van der Waals surface area contributed by atoms with Gasteiger partial charge in [0.2, 0.25) is 5.82 Å². The molecule has 0 fully saturated rings. The minimum atomic E-state index is -0.732. The summed E-state index contributed by atoms with van der Waals surface area (Å²) in [5.74, 6) is -0.810. The minimum absolute atomic E-state index is 0.276. The van der Waals surface area contributed by atoms with E-state index in [4.69, 9.17) is 0 Å². The van der Waals surface area contributed by atoms with Crippen LogP contribution in [0.1, 0.15) is 15.9 Å². The van der Waals surface area contributed by atoms with Crippen molar-refractivity contribution in [2.45, 2.75) is 13.1 Å². The summed E-state index contributed by atoms with van der Waals surface area (Å²) in [4.78, 5) is 47.8. The van der Waals surface area contributed by atoms with E-state index >= 15 is 0 Å². The maximum Gasteiger partial charge on any atom is 0.285 e. The third-order valence-corrected chi connectivity index (χ3v) is 4.83. The Bertz CT molecular complexity index is 1430. The summed E-state index contributed by atoms with van der Waals surface area (Å²) in [7, 11) is 0. The molecule has 2 N–H and O–H groups in total. The largest absolute Gasteiger partial charge is 0.299 e. The minimum Gasteiger partial charge on any atom is -0.299 e. The Morgan fingerprint density at radius 2 is 1.71 bits per heavy atom. The van der Waals surface area contributed by atoms with E-state index in [-0.39, 0.29) is 11.3 Å². The first kappa shape index (κ1) is 23.0. The summed E-state index contributed by atoms with van der Waals surface area (Å²) in [5, 5.41) is 23.3. The first-order valence-corrected chi connectivity index (χ1v) is 10.3. The number of rotatable bonds is 7. The summed E-state index contributed by atoms with van der Waals surface area (Å²) in [6.45, 7) is -0.161. The highest BCUT2D eigenvalue weighted by molar-refractivity contribution is 5.95. The molecule has 0 saturated heterocycles. The normalized spacial score (nSPS) is 10.5. The first-order chi connectivity index (χ1) is 16.9. The van der Waals surface area contributed by atoms with Crippen molar-refractivity contribution in [3.05, 3.63) is 105 Å². The highest BCUT2D eigenvalue weighted by Crippen LogP contribution is 2.13. The number of tetrazole rings is 1. The molecule has 2 heterocycles. The predicted octanol–water partition coefficient (Wildman–Crippen LogP) is 0.919. The van der Waals surface area contributed by atoms with Crippen LogP contribution in [0, 0.1) is 10.1 Å². The zero-order valence-electron chi connectivity index (χ0n) is 18.1. The Morgan fingerprint density at radius 1 is 0.971 bits per heavy atom. The van der Waals surface area contributed by atoms with Gasteiger partial charge in [0.25, 0.3) is 23.1 Å². The van der Waals surface area contributed by atoms with Gasteiger partial charge in [0.05, 0.1) is 17.7 Å². The van der Waals surface area contributed by atoms with Crippen molar-refractivity contribution >= 4 is 17.5 Å². The quantitative estimate of drug-likeness (QED) is 0.294. The smallest absolute Gasteiger partial charge is 0.285 e. The second-order valence-corrected chi connectivity index (χ2v) is 7.32. The number of benzene rings is 2. The van der Waals surface area contributed by atoms with Crippen molar-refractivity contribution in [3.63, 3.8) is 0 Å². The van der Waals surface area contributed by atoms with E-state index in [2.05, 4.69) is 26.3 Å². The molecule has 0 aliphatic carbocycles. The average Bonchev–Trinajstić information content (AvgIpc) is 3.33. The van der Waals surface area contributed by atoms with E-state index in [1.807, 2.05) is 30.3 Å². The number of hydrazine groups is 1. The number of carbonyl (C=O) groups excluding carboxylic acids is 2. The molecule has 176 valence electrons. The lowest BCUT2D eigenvalue weighted by Crippen LogP contribution is -2.44. The monoisotopic (exact) mass is 474 g/mol. The molecular weight excluding hydrogens is 456 g/mol. The molecule has 2 amide bonds. The van der Waals surface area contributed by atoms with Crippen molar-refractivity contribution in [1.29, 1.82) is 0 Å². The summed E-state index contributed by atoms with van der Waals surface area (Å²) in [6, 6.07) is 18.0. The van der Waals surface area contributed by atoms with Gasteiger partial charge in [0.1, 0.15) is 6.54 Å². The maximum atomic E-state index is 12.3. The van der Waals surface area contributed by atoms with Gasteiger partial charge in [-0.2, -0.15) is 4.80 Å². The summed E-state index contributed by atoms with van der Waals surface area (Å²) in [6.07, 6.45) is 0.954. The van der Waals surface area contributed by atoms with Crippen LogP contribution < -0.4 is 16.4 Å². The number of nitrogens with zero attached hydrogens (tertiary/aromatic N) is 6. The lowest BCUT2D eigenvalue weighted by Gasteiger charge is -2.09. The van der Waals surface area contributed by atoms with Crippen molar-refractivity contribution < 1.29 is 14.5 Å². The molecule has 2 aromatic heterocycles. The fourth-order valence-electron chi connectivity index (χ4n) is 3.08. The van der Waals surface area contributed by atoms with Gasteiger partial charge in [-0.3, -0.25) is 39.9 Å². The third-order valence-electron chi connectivity index (χ3n) is 4.83. The molecule has 2 aromatic carbocycles. The van der Waals surface area contributed by atoms with Gasteiger partial charge in [0, 0.05) is 23.3 Å². The molecular formula is C22H18N8O5. The zero-order chi connectivity index (χ0) is 24.8. The van der Waals surface area contributed by atoms with Gasteiger partial charge in [-0.15, -0.1) is 10.2 Å². The Balaban J connectivity index is 1.31. The van der Waals surface area contributed by atoms with Crippen LogP contribution in [0.4, 0.5) is 5.69 Å². The Labute approximate surface area is 197 Å². The van der Waals surface area contributed by atoms with Crippen molar-refractivity contribution in [2.24, 2.45) is 0 Å². The number of hydrogen-bond donors (Lipinski definition) is 2. The number of nitro groups is 1. The molecule has 0 bridgehead atoms. The second kappa shape index (κ2) is 10.2. The van der Waals surface area contributed by atoms with Gasteiger partial charge in [0.15, 0.2) is 0 Å². The maximum absolute atomic E-state index is 12.3. The average molecular weight is 474 g/mol. The van der Waals surface area contributed by atoms with Gasteiger partial charge in [-0.1, -0.05) is 42.5 Å². The molecule has 13 heteroatoms. The zero-order valence-corrected chi connectivity index (χ0v) is 18.1. The van der Waals surface area contributed by atoms with Crippen LogP contribution in [0.3, 0.4) is 0 Å².